The smallest absolute Gasteiger partial charge is 0.234 e. The first-order valence-corrected chi connectivity index (χ1v) is 9.77. The second-order valence-corrected chi connectivity index (χ2v) is 7.50. The first-order chi connectivity index (χ1) is 13.1. The summed E-state index contributed by atoms with van der Waals surface area (Å²) in [4.78, 5) is 21.7. The van der Waals surface area contributed by atoms with E-state index in [1.165, 1.54) is 0 Å². The zero-order valence-electron chi connectivity index (χ0n) is 16.3. The van der Waals surface area contributed by atoms with E-state index in [-0.39, 0.29) is 11.9 Å². The van der Waals surface area contributed by atoms with Crippen LogP contribution in [-0.4, -0.2) is 53.4 Å². The lowest BCUT2D eigenvalue weighted by molar-refractivity contribution is -0.123. The van der Waals surface area contributed by atoms with Crippen molar-refractivity contribution in [3.8, 4) is 0 Å². The summed E-state index contributed by atoms with van der Waals surface area (Å²) in [7, 11) is 2.16. The van der Waals surface area contributed by atoms with Gasteiger partial charge in [0.15, 0.2) is 0 Å². The molecule has 0 unspecified atom stereocenters. The zero-order valence-corrected chi connectivity index (χ0v) is 16.3. The number of carbonyl (C=O) groups is 1. The molecule has 1 saturated heterocycles. The molecule has 27 heavy (non-hydrogen) atoms. The maximum atomic E-state index is 12.8. The van der Waals surface area contributed by atoms with Crippen LogP contribution in [0.15, 0.2) is 54.9 Å². The van der Waals surface area contributed by atoms with Gasteiger partial charge in [-0.2, -0.15) is 0 Å². The molecule has 3 rings (SSSR count). The molecule has 1 atom stereocenters. The number of piperidine rings is 1. The van der Waals surface area contributed by atoms with Crippen molar-refractivity contribution in [2.75, 3.05) is 26.7 Å². The highest BCUT2D eigenvalue weighted by atomic mass is 16.2. The first kappa shape index (κ1) is 19.5. The van der Waals surface area contributed by atoms with E-state index in [1.54, 1.807) is 6.20 Å². The monoisotopic (exact) mass is 366 g/mol. The van der Waals surface area contributed by atoms with Crippen molar-refractivity contribution in [2.24, 2.45) is 0 Å². The molecule has 1 aliphatic heterocycles. The van der Waals surface area contributed by atoms with Crippen LogP contribution in [0.2, 0.25) is 0 Å². The largest absolute Gasteiger partial charge is 0.348 e. The van der Waals surface area contributed by atoms with Gasteiger partial charge >= 0.3 is 0 Å². The van der Waals surface area contributed by atoms with Crippen LogP contribution < -0.4 is 5.32 Å². The first-order valence-electron chi connectivity index (χ1n) is 9.77. The van der Waals surface area contributed by atoms with Crippen LogP contribution in [-0.2, 0) is 11.3 Å². The van der Waals surface area contributed by atoms with Crippen molar-refractivity contribution in [3.05, 3.63) is 66.0 Å². The third kappa shape index (κ3) is 5.88. The molecule has 1 amide bonds. The fraction of sp³-hybridized carbons (Fsp3) is 0.455. The average Bonchev–Trinajstić information content (AvgIpc) is 2.69. The van der Waals surface area contributed by atoms with Crippen LogP contribution in [0.4, 0.5) is 0 Å². The van der Waals surface area contributed by atoms with E-state index in [0.29, 0.717) is 12.6 Å². The highest BCUT2D eigenvalue weighted by molar-refractivity contribution is 5.78. The fourth-order valence-corrected chi connectivity index (χ4v) is 3.70. The Morgan fingerprint density at radius 2 is 1.96 bits per heavy atom. The highest BCUT2D eigenvalue weighted by Crippen LogP contribution is 2.18. The third-order valence-corrected chi connectivity index (χ3v) is 5.34. The number of benzene rings is 1. The van der Waals surface area contributed by atoms with Crippen LogP contribution in [0.3, 0.4) is 0 Å². The minimum atomic E-state index is 0.0106. The molecule has 144 valence electrons. The van der Waals surface area contributed by atoms with Crippen molar-refractivity contribution in [2.45, 2.75) is 38.4 Å². The minimum absolute atomic E-state index is 0.0106. The third-order valence-electron chi connectivity index (χ3n) is 5.34. The maximum absolute atomic E-state index is 12.8. The number of hydrogen-bond acceptors (Lipinski definition) is 4. The average molecular weight is 367 g/mol. The standard InChI is InChI=1S/C22H30N4O/c1-18(20-8-4-3-5-9-20)24-22(27)17-26(16-19-7-6-12-23-15-19)21-10-13-25(2)14-11-21/h3-9,12,15,18,21H,10-11,13-14,16-17H2,1-2H3,(H,24,27)/t18-/m0/s1. The van der Waals surface area contributed by atoms with Crippen molar-refractivity contribution in [3.63, 3.8) is 0 Å². The normalized spacial score (nSPS) is 17.0. The van der Waals surface area contributed by atoms with Crippen LogP contribution in [0.25, 0.3) is 0 Å². The van der Waals surface area contributed by atoms with Gasteiger partial charge in [0.2, 0.25) is 5.91 Å². The van der Waals surface area contributed by atoms with Crippen LogP contribution >= 0.6 is 0 Å². The second-order valence-electron chi connectivity index (χ2n) is 7.50. The van der Waals surface area contributed by atoms with E-state index in [9.17, 15) is 4.79 Å². The minimum Gasteiger partial charge on any atom is -0.348 e. The van der Waals surface area contributed by atoms with Gasteiger partial charge in [0.1, 0.15) is 0 Å². The molecule has 0 spiro atoms. The Morgan fingerprint density at radius 1 is 1.22 bits per heavy atom. The van der Waals surface area contributed by atoms with Gasteiger partial charge in [-0.1, -0.05) is 36.4 Å². The summed E-state index contributed by atoms with van der Waals surface area (Å²) >= 11 is 0. The lowest BCUT2D eigenvalue weighted by Crippen LogP contribution is -2.47. The molecule has 0 saturated carbocycles. The summed E-state index contributed by atoms with van der Waals surface area (Å²) in [6.45, 7) is 5.37. The zero-order chi connectivity index (χ0) is 19.1. The Hall–Kier alpha value is -2.24. The molecule has 1 aromatic heterocycles. The van der Waals surface area contributed by atoms with Crippen LogP contribution in [0, 0.1) is 0 Å². The Morgan fingerprint density at radius 3 is 2.63 bits per heavy atom. The van der Waals surface area contributed by atoms with E-state index < -0.39 is 0 Å². The molecule has 1 aliphatic rings. The quantitative estimate of drug-likeness (QED) is 0.819. The molecule has 0 radical (unpaired) electrons. The number of nitrogens with zero attached hydrogens (tertiary/aromatic N) is 3. The summed E-state index contributed by atoms with van der Waals surface area (Å²) in [6.07, 6.45) is 5.88. The highest BCUT2D eigenvalue weighted by Gasteiger charge is 2.25. The molecule has 2 aromatic rings. The molecule has 0 bridgehead atoms. The van der Waals surface area contributed by atoms with Gasteiger partial charge in [-0.05, 0) is 57.1 Å². The molecule has 1 aromatic carbocycles. The molecule has 1 fully saturated rings. The van der Waals surface area contributed by atoms with Gasteiger partial charge in [0.05, 0.1) is 12.6 Å². The Labute approximate surface area is 162 Å². The van der Waals surface area contributed by atoms with E-state index in [0.717, 1.165) is 43.6 Å². The Bertz CT molecular complexity index is 699. The number of carbonyl (C=O) groups excluding carboxylic acids is 1. The Kier molecular flexibility index (Phi) is 6.96. The summed E-state index contributed by atoms with van der Waals surface area (Å²) in [5.74, 6) is 0.0779. The lowest BCUT2D eigenvalue weighted by Gasteiger charge is -2.37. The maximum Gasteiger partial charge on any atom is 0.234 e. The SMILES string of the molecule is C[C@H](NC(=O)CN(Cc1cccnc1)C1CCN(C)CC1)c1ccccc1. The molecule has 5 heteroatoms. The summed E-state index contributed by atoms with van der Waals surface area (Å²) in [5, 5.41) is 3.15. The van der Waals surface area contributed by atoms with E-state index in [2.05, 4.69) is 45.3 Å². The van der Waals surface area contributed by atoms with Gasteiger partial charge in [0, 0.05) is 25.0 Å². The van der Waals surface area contributed by atoms with Crippen molar-refractivity contribution in [1.82, 2.24) is 20.1 Å². The van der Waals surface area contributed by atoms with Gasteiger partial charge in [-0.3, -0.25) is 14.7 Å². The van der Waals surface area contributed by atoms with Gasteiger partial charge in [-0.25, -0.2) is 0 Å². The summed E-state index contributed by atoms with van der Waals surface area (Å²) in [6, 6.07) is 14.6. The second kappa shape index (κ2) is 9.62. The number of aromatic nitrogens is 1. The number of likely N-dealkylation sites (tertiary alicyclic amines) is 1. The van der Waals surface area contributed by atoms with Crippen molar-refractivity contribution < 1.29 is 4.79 Å². The van der Waals surface area contributed by atoms with E-state index >= 15 is 0 Å². The summed E-state index contributed by atoms with van der Waals surface area (Å²) in [5.41, 5.74) is 2.28. The molecule has 1 N–H and O–H groups in total. The number of pyridine rings is 1. The van der Waals surface area contributed by atoms with E-state index in [4.69, 9.17) is 0 Å². The number of nitrogens with one attached hydrogen (secondary N) is 1. The van der Waals surface area contributed by atoms with Crippen molar-refractivity contribution in [1.29, 1.82) is 0 Å². The predicted octanol–water partition coefficient (Wildman–Crippen LogP) is 2.86. The van der Waals surface area contributed by atoms with Crippen LogP contribution in [0.1, 0.15) is 36.9 Å². The topological polar surface area (TPSA) is 48.5 Å². The van der Waals surface area contributed by atoms with Gasteiger partial charge < -0.3 is 10.2 Å². The van der Waals surface area contributed by atoms with Crippen LogP contribution in [0.5, 0.6) is 0 Å². The number of hydrogen-bond donors (Lipinski definition) is 1. The van der Waals surface area contributed by atoms with Gasteiger partial charge in [0.25, 0.3) is 0 Å². The molecule has 5 nitrogen and oxygen atoms in total. The Balaban J connectivity index is 1.64. The number of rotatable bonds is 7. The lowest BCUT2D eigenvalue weighted by atomic mass is 10.0. The predicted molar refractivity (Wildman–Crippen MR) is 108 cm³/mol. The van der Waals surface area contributed by atoms with Gasteiger partial charge in [-0.15, -0.1) is 0 Å². The van der Waals surface area contributed by atoms with E-state index in [1.807, 2.05) is 37.4 Å². The molecular weight excluding hydrogens is 336 g/mol. The fourth-order valence-electron chi connectivity index (χ4n) is 3.70. The summed E-state index contributed by atoms with van der Waals surface area (Å²) < 4.78 is 0. The number of amides is 1. The van der Waals surface area contributed by atoms with Crippen molar-refractivity contribution >= 4 is 5.91 Å². The molecule has 2 heterocycles. The molecular formula is C22H30N4O. The molecule has 0 aliphatic carbocycles.